The number of hydrogen-bond donors (Lipinski definition) is 1. The molecule has 0 bridgehead atoms. The highest BCUT2D eigenvalue weighted by molar-refractivity contribution is 6.30. The molecule has 0 unspecified atom stereocenters. The van der Waals surface area contributed by atoms with Gasteiger partial charge in [0.05, 0.1) is 0 Å². The predicted octanol–water partition coefficient (Wildman–Crippen LogP) is 1.86. The minimum absolute atomic E-state index is 0.152. The fraction of sp³-hybridized carbons (Fsp3) is 0.467. The zero-order chi connectivity index (χ0) is 15.0. The van der Waals surface area contributed by atoms with Crippen LogP contribution in [-0.2, 0) is 11.3 Å². The maximum Gasteiger partial charge on any atom is 0.324 e. The summed E-state index contributed by atoms with van der Waals surface area (Å²) in [7, 11) is 1.70. The molecule has 0 radical (unpaired) electrons. The van der Waals surface area contributed by atoms with Crippen molar-refractivity contribution in [1.29, 1.82) is 0 Å². The van der Waals surface area contributed by atoms with Crippen LogP contribution in [0.1, 0.15) is 18.4 Å². The van der Waals surface area contributed by atoms with Crippen LogP contribution >= 0.6 is 11.6 Å². The number of benzene rings is 1. The third-order valence-electron chi connectivity index (χ3n) is 4.59. The van der Waals surface area contributed by atoms with Crippen LogP contribution in [0.5, 0.6) is 0 Å². The maximum atomic E-state index is 12.1. The number of urea groups is 1. The standard InChI is InChI=1S/C15H18ClN3O2/c1-18-14(21)17-13(20)15(18)6-8-19(9-7-15)10-11-2-4-12(16)5-3-11/h2-5H,6-10H2,1H3,(H,17,20,21). The summed E-state index contributed by atoms with van der Waals surface area (Å²) in [6.07, 6.45) is 1.35. The van der Waals surface area contributed by atoms with Crippen molar-refractivity contribution >= 4 is 23.5 Å². The lowest BCUT2D eigenvalue weighted by molar-refractivity contribution is -0.128. The number of carbonyl (C=O) groups is 2. The van der Waals surface area contributed by atoms with Gasteiger partial charge in [-0.1, -0.05) is 23.7 Å². The van der Waals surface area contributed by atoms with Crippen LogP contribution in [0, 0.1) is 0 Å². The molecule has 21 heavy (non-hydrogen) atoms. The van der Waals surface area contributed by atoms with Gasteiger partial charge in [0.15, 0.2) is 0 Å². The summed E-state index contributed by atoms with van der Waals surface area (Å²) in [6.45, 7) is 2.44. The first-order chi connectivity index (χ1) is 10.0. The van der Waals surface area contributed by atoms with E-state index in [-0.39, 0.29) is 11.9 Å². The molecule has 2 aliphatic heterocycles. The summed E-state index contributed by atoms with van der Waals surface area (Å²) in [5.74, 6) is -0.152. The van der Waals surface area contributed by atoms with Gasteiger partial charge in [0.25, 0.3) is 5.91 Å². The molecule has 1 aromatic rings. The summed E-state index contributed by atoms with van der Waals surface area (Å²) in [4.78, 5) is 27.6. The van der Waals surface area contributed by atoms with Crippen molar-refractivity contribution in [3.8, 4) is 0 Å². The monoisotopic (exact) mass is 307 g/mol. The molecule has 0 aliphatic carbocycles. The van der Waals surface area contributed by atoms with Crippen LogP contribution < -0.4 is 5.32 Å². The van der Waals surface area contributed by atoms with Crippen molar-refractivity contribution in [3.63, 3.8) is 0 Å². The van der Waals surface area contributed by atoms with Crippen LogP contribution in [0.15, 0.2) is 24.3 Å². The minimum atomic E-state index is -0.645. The first-order valence-corrected chi connectivity index (χ1v) is 7.45. The number of carbonyl (C=O) groups excluding carboxylic acids is 2. The van der Waals surface area contributed by atoms with Crippen molar-refractivity contribution in [2.45, 2.75) is 24.9 Å². The third kappa shape index (κ3) is 2.51. The molecule has 3 amide bonds. The summed E-state index contributed by atoms with van der Waals surface area (Å²) >= 11 is 5.89. The van der Waals surface area contributed by atoms with Gasteiger partial charge in [0.2, 0.25) is 0 Å². The normalized spacial score (nSPS) is 21.9. The van der Waals surface area contributed by atoms with Gasteiger partial charge >= 0.3 is 6.03 Å². The van der Waals surface area contributed by atoms with Gasteiger partial charge < -0.3 is 4.90 Å². The van der Waals surface area contributed by atoms with Crippen LogP contribution in [0.25, 0.3) is 0 Å². The second-order valence-electron chi connectivity index (χ2n) is 5.75. The summed E-state index contributed by atoms with van der Waals surface area (Å²) in [6, 6.07) is 7.53. The van der Waals surface area contributed by atoms with E-state index in [2.05, 4.69) is 10.2 Å². The molecule has 2 saturated heterocycles. The number of halogens is 1. The molecule has 2 heterocycles. The summed E-state index contributed by atoms with van der Waals surface area (Å²) in [5.41, 5.74) is 0.559. The fourth-order valence-electron chi connectivity index (χ4n) is 3.14. The highest BCUT2D eigenvalue weighted by atomic mass is 35.5. The van der Waals surface area contributed by atoms with Gasteiger partial charge in [-0.25, -0.2) is 4.79 Å². The number of nitrogens with zero attached hydrogens (tertiary/aromatic N) is 2. The Bertz CT molecular complexity index is 565. The summed E-state index contributed by atoms with van der Waals surface area (Å²) < 4.78 is 0. The van der Waals surface area contributed by atoms with E-state index in [1.807, 2.05) is 24.3 Å². The first-order valence-electron chi connectivity index (χ1n) is 7.07. The van der Waals surface area contributed by atoms with Gasteiger partial charge in [-0.2, -0.15) is 0 Å². The number of amides is 3. The largest absolute Gasteiger partial charge is 0.324 e. The first kappa shape index (κ1) is 14.4. The Labute approximate surface area is 128 Å². The summed E-state index contributed by atoms with van der Waals surface area (Å²) in [5, 5.41) is 3.15. The average Bonchev–Trinajstić information content (AvgIpc) is 2.68. The van der Waals surface area contributed by atoms with Gasteiger partial charge in [-0.3, -0.25) is 15.0 Å². The van der Waals surface area contributed by atoms with Crippen LogP contribution in [0.2, 0.25) is 5.02 Å². The number of nitrogens with one attached hydrogen (secondary N) is 1. The molecule has 6 heteroatoms. The lowest BCUT2D eigenvalue weighted by atomic mass is 9.86. The number of piperidine rings is 1. The number of likely N-dealkylation sites (N-methyl/N-ethyl adjacent to an activating group) is 1. The lowest BCUT2D eigenvalue weighted by Gasteiger charge is -2.40. The quantitative estimate of drug-likeness (QED) is 0.849. The fourth-order valence-corrected chi connectivity index (χ4v) is 3.26. The maximum absolute atomic E-state index is 12.1. The van der Waals surface area contributed by atoms with E-state index in [1.54, 1.807) is 11.9 Å². The molecule has 0 aromatic heterocycles. The van der Waals surface area contributed by atoms with E-state index in [1.165, 1.54) is 5.56 Å². The molecular weight excluding hydrogens is 290 g/mol. The van der Waals surface area contributed by atoms with E-state index in [4.69, 9.17) is 11.6 Å². The zero-order valence-electron chi connectivity index (χ0n) is 11.9. The number of rotatable bonds is 2. The highest BCUT2D eigenvalue weighted by Crippen LogP contribution is 2.32. The van der Waals surface area contributed by atoms with E-state index < -0.39 is 5.54 Å². The molecule has 1 aromatic carbocycles. The number of imide groups is 1. The van der Waals surface area contributed by atoms with Crippen molar-refractivity contribution in [3.05, 3.63) is 34.9 Å². The van der Waals surface area contributed by atoms with E-state index in [9.17, 15) is 9.59 Å². The topological polar surface area (TPSA) is 52.7 Å². The Morgan fingerprint density at radius 3 is 2.33 bits per heavy atom. The average molecular weight is 308 g/mol. The molecule has 2 fully saturated rings. The van der Waals surface area contributed by atoms with E-state index in [0.29, 0.717) is 12.8 Å². The SMILES string of the molecule is CN1C(=O)NC(=O)C12CCN(Cc1ccc(Cl)cc1)CC2. The van der Waals surface area contributed by atoms with Crippen LogP contribution in [0.3, 0.4) is 0 Å². The number of hydrogen-bond acceptors (Lipinski definition) is 3. The zero-order valence-corrected chi connectivity index (χ0v) is 12.7. The molecule has 5 nitrogen and oxygen atoms in total. The Balaban J connectivity index is 1.64. The Morgan fingerprint density at radius 2 is 1.81 bits per heavy atom. The third-order valence-corrected chi connectivity index (χ3v) is 4.84. The molecule has 3 rings (SSSR count). The van der Waals surface area contributed by atoms with Gasteiger partial charge in [-0.05, 0) is 30.5 Å². The van der Waals surface area contributed by atoms with Crippen LogP contribution in [0.4, 0.5) is 4.79 Å². The van der Waals surface area contributed by atoms with Crippen molar-refractivity contribution in [2.75, 3.05) is 20.1 Å². The molecule has 2 aliphatic rings. The molecule has 1 spiro atoms. The molecule has 0 atom stereocenters. The molecule has 1 N–H and O–H groups in total. The number of likely N-dealkylation sites (tertiary alicyclic amines) is 1. The van der Waals surface area contributed by atoms with E-state index >= 15 is 0 Å². The van der Waals surface area contributed by atoms with Crippen molar-refractivity contribution in [1.82, 2.24) is 15.1 Å². The second kappa shape index (κ2) is 5.31. The molecular formula is C15H18ClN3O2. The molecule has 112 valence electrons. The van der Waals surface area contributed by atoms with Gasteiger partial charge in [0.1, 0.15) is 5.54 Å². The Hall–Kier alpha value is -1.59. The Kier molecular flexibility index (Phi) is 3.63. The highest BCUT2D eigenvalue weighted by Gasteiger charge is 2.52. The van der Waals surface area contributed by atoms with Crippen molar-refractivity contribution in [2.24, 2.45) is 0 Å². The van der Waals surface area contributed by atoms with Gasteiger partial charge in [-0.15, -0.1) is 0 Å². The van der Waals surface area contributed by atoms with Crippen molar-refractivity contribution < 1.29 is 9.59 Å². The van der Waals surface area contributed by atoms with Crippen LogP contribution in [-0.4, -0.2) is 47.4 Å². The molecule has 0 saturated carbocycles. The second-order valence-corrected chi connectivity index (χ2v) is 6.19. The lowest BCUT2D eigenvalue weighted by Crippen LogP contribution is -2.55. The Morgan fingerprint density at radius 1 is 1.19 bits per heavy atom. The predicted molar refractivity (Wildman–Crippen MR) is 80.0 cm³/mol. The smallest absolute Gasteiger partial charge is 0.313 e. The van der Waals surface area contributed by atoms with Gasteiger partial charge in [0, 0.05) is 31.7 Å². The van der Waals surface area contributed by atoms with E-state index in [0.717, 1.165) is 24.7 Å². The minimum Gasteiger partial charge on any atom is -0.313 e.